The molecule has 2 aromatic heterocycles. The van der Waals surface area contributed by atoms with E-state index in [0.717, 1.165) is 11.4 Å². The Morgan fingerprint density at radius 3 is 1.94 bits per heavy atom. The standard InChI is InChI=1S/C12H11N3O/c16-9-15-12(10-5-1-3-7-13-10)11-6-2-4-8-14-11/h1-9,12H,(H,15,16). The fraction of sp³-hybridized carbons (Fsp3) is 0.0833. The predicted octanol–water partition coefficient (Wildman–Crippen LogP) is 1.31. The van der Waals surface area contributed by atoms with Gasteiger partial charge in [0.1, 0.15) is 6.04 Å². The zero-order valence-electron chi connectivity index (χ0n) is 8.58. The molecule has 4 heteroatoms. The Hall–Kier alpha value is -2.23. The highest BCUT2D eigenvalue weighted by molar-refractivity contribution is 5.49. The molecular weight excluding hydrogens is 202 g/mol. The van der Waals surface area contributed by atoms with Gasteiger partial charge in [-0.15, -0.1) is 0 Å². The molecule has 0 aliphatic rings. The molecule has 0 aromatic carbocycles. The average molecular weight is 213 g/mol. The molecule has 0 atom stereocenters. The molecule has 0 unspecified atom stereocenters. The molecule has 0 aliphatic heterocycles. The Morgan fingerprint density at radius 2 is 1.56 bits per heavy atom. The average Bonchev–Trinajstić information content (AvgIpc) is 2.38. The Balaban J connectivity index is 2.35. The summed E-state index contributed by atoms with van der Waals surface area (Å²) in [5.74, 6) is 0. The van der Waals surface area contributed by atoms with Crippen molar-refractivity contribution in [1.82, 2.24) is 15.3 Å². The Morgan fingerprint density at radius 1 is 1.00 bits per heavy atom. The van der Waals surface area contributed by atoms with Crippen LogP contribution in [0.5, 0.6) is 0 Å². The molecule has 1 amide bonds. The van der Waals surface area contributed by atoms with Crippen molar-refractivity contribution in [3.05, 3.63) is 60.2 Å². The van der Waals surface area contributed by atoms with E-state index in [4.69, 9.17) is 0 Å². The van der Waals surface area contributed by atoms with E-state index in [1.807, 2.05) is 36.4 Å². The van der Waals surface area contributed by atoms with E-state index in [9.17, 15) is 4.79 Å². The van der Waals surface area contributed by atoms with Crippen molar-refractivity contribution in [3.63, 3.8) is 0 Å². The number of nitrogens with zero attached hydrogens (tertiary/aromatic N) is 2. The number of rotatable bonds is 4. The zero-order chi connectivity index (χ0) is 11.2. The van der Waals surface area contributed by atoms with Crippen LogP contribution in [0.2, 0.25) is 0 Å². The first kappa shape index (κ1) is 10.3. The smallest absolute Gasteiger partial charge is 0.207 e. The summed E-state index contributed by atoms with van der Waals surface area (Å²) in [4.78, 5) is 19.0. The normalized spacial score (nSPS) is 10.1. The topological polar surface area (TPSA) is 54.9 Å². The van der Waals surface area contributed by atoms with Crippen molar-refractivity contribution >= 4 is 6.41 Å². The summed E-state index contributed by atoms with van der Waals surface area (Å²) >= 11 is 0. The van der Waals surface area contributed by atoms with Gasteiger partial charge in [0.25, 0.3) is 0 Å². The second-order valence-electron chi connectivity index (χ2n) is 3.23. The van der Waals surface area contributed by atoms with Crippen LogP contribution in [0.4, 0.5) is 0 Å². The van der Waals surface area contributed by atoms with Crippen LogP contribution in [0.3, 0.4) is 0 Å². The number of amides is 1. The maximum atomic E-state index is 10.6. The van der Waals surface area contributed by atoms with Crippen LogP contribution in [0.25, 0.3) is 0 Å². The summed E-state index contributed by atoms with van der Waals surface area (Å²) in [6.45, 7) is 0. The van der Waals surface area contributed by atoms with Crippen molar-refractivity contribution in [2.75, 3.05) is 0 Å². The summed E-state index contributed by atoms with van der Waals surface area (Å²) < 4.78 is 0. The highest BCUT2D eigenvalue weighted by atomic mass is 16.1. The van der Waals surface area contributed by atoms with Crippen LogP contribution >= 0.6 is 0 Å². The van der Waals surface area contributed by atoms with Gasteiger partial charge in [-0.05, 0) is 24.3 Å². The van der Waals surface area contributed by atoms with Gasteiger partial charge in [-0.3, -0.25) is 14.8 Å². The molecule has 80 valence electrons. The molecule has 16 heavy (non-hydrogen) atoms. The Kier molecular flexibility index (Phi) is 3.23. The van der Waals surface area contributed by atoms with Gasteiger partial charge < -0.3 is 5.32 Å². The summed E-state index contributed by atoms with van der Waals surface area (Å²) in [6.07, 6.45) is 4.05. The molecule has 2 heterocycles. The number of carbonyl (C=O) groups is 1. The molecule has 4 nitrogen and oxygen atoms in total. The summed E-state index contributed by atoms with van der Waals surface area (Å²) in [6, 6.07) is 10.8. The third-order valence-corrected chi connectivity index (χ3v) is 2.20. The van der Waals surface area contributed by atoms with Crippen LogP contribution in [-0.2, 0) is 4.79 Å². The SMILES string of the molecule is O=CNC(c1ccccn1)c1ccccn1. The van der Waals surface area contributed by atoms with Crippen LogP contribution in [0, 0.1) is 0 Å². The second-order valence-corrected chi connectivity index (χ2v) is 3.23. The van der Waals surface area contributed by atoms with E-state index >= 15 is 0 Å². The van der Waals surface area contributed by atoms with Crippen molar-refractivity contribution in [1.29, 1.82) is 0 Å². The van der Waals surface area contributed by atoms with Gasteiger partial charge in [0.15, 0.2) is 0 Å². The number of nitrogens with one attached hydrogen (secondary N) is 1. The predicted molar refractivity (Wildman–Crippen MR) is 59.5 cm³/mol. The number of hydrogen-bond acceptors (Lipinski definition) is 3. The molecule has 0 fully saturated rings. The molecule has 0 bridgehead atoms. The summed E-state index contributed by atoms with van der Waals surface area (Å²) in [5, 5.41) is 2.71. The zero-order valence-corrected chi connectivity index (χ0v) is 8.58. The molecule has 0 radical (unpaired) electrons. The number of pyridine rings is 2. The molecule has 0 aliphatic carbocycles. The van der Waals surface area contributed by atoms with Gasteiger partial charge in [0, 0.05) is 12.4 Å². The van der Waals surface area contributed by atoms with Gasteiger partial charge in [-0.2, -0.15) is 0 Å². The minimum Gasteiger partial charge on any atom is -0.345 e. The van der Waals surface area contributed by atoms with Gasteiger partial charge in [-0.1, -0.05) is 12.1 Å². The lowest BCUT2D eigenvalue weighted by Crippen LogP contribution is -2.22. The van der Waals surface area contributed by atoms with Gasteiger partial charge >= 0.3 is 0 Å². The number of aromatic nitrogens is 2. The quantitative estimate of drug-likeness (QED) is 0.779. The monoisotopic (exact) mass is 213 g/mol. The van der Waals surface area contributed by atoms with Gasteiger partial charge in [0.05, 0.1) is 11.4 Å². The minimum absolute atomic E-state index is 0.292. The lowest BCUT2D eigenvalue weighted by atomic mass is 10.1. The lowest BCUT2D eigenvalue weighted by molar-refractivity contribution is -0.110. The maximum absolute atomic E-state index is 10.6. The molecule has 2 aromatic rings. The molecule has 2 rings (SSSR count). The van der Waals surface area contributed by atoms with E-state index in [0.29, 0.717) is 6.41 Å². The molecule has 1 N–H and O–H groups in total. The van der Waals surface area contributed by atoms with Crippen molar-refractivity contribution in [2.24, 2.45) is 0 Å². The number of hydrogen-bond donors (Lipinski definition) is 1. The second kappa shape index (κ2) is 5.02. The maximum Gasteiger partial charge on any atom is 0.207 e. The Bertz CT molecular complexity index is 405. The summed E-state index contributed by atoms with van der Waals surface area (Å²) in [5.41, 5.74) is 1.54. The molecule has 0 spiro atoms. The first-order valence-electron chi connectivity index (χ1n) is 4.93. The highest BCUT2D eigenvalue weighted by Gasteiger charge is 2.14. The van der Waals surface area contributed by atoms with Crippen molar-refractivity contribution in [2.45, 2.75) is 6.04 Å². The molecule has 0 saturated carbocycles. The largest absolute Gasteiger partial charge is 0.345 e. The van der Waals surface area contributed by atoms with E-state index in [-0.39, 0.29) is 6.04 Å². The third kappa shape index (κ3) is 2.23. The highest BCUT2D eigenvalue weighted by Crippen LogP contribution is 2.16. The summed E-state index contributed by atoms with van der Waals surface area (Å²) in [7, 11) is 0. The number of carbonyl (C=O) groups excluding carboxylic acids is 1. The van der Waals surface area contributed by atoms with E-state index < -0.39 is 0 Å². The Labute approximate surface area is 93.4 Å². The lowest BCUT2D eigenvalue weighted by Gasteiger charge is -2.14. The fourth-order valence-electron chi connectivity index (χ4n) is 1.48. The third-order valence-electron chi connectivity index (χ3n) is 2.20. The first-order chi connectivity index (χ1) is 7.92. The van der Waals surface area contributed by atoms with Crippen LogP contribution in [0.1, 0.15) is 17.4 Å². The van der Waals surface area contributed by atoms with E-state index in [1.54, 1.807) is 12.4 Å². The van der Waals surface area contributed by atoms with Crippen LogP contribution in [-0.4, -0.2) is 16.4 Å². The molecule has 0 saturated heterocycles. The van der Waals surface area contributed by atoms with Crippen LogP contribution < -0.4 is 5.32 Å². The first-order valence-corrected chi connectivity index (χ1v) is 4.93. The van der Waals surface area contributed by atoms with E-state index in [2.05, 4.69) is 15.3 Å². The fourth-order valence-corrected chi connectivity index (χ4v) is 1.48. The molecular formula is C12H11N3O. The van der Waals surface area contributed by atoms with Crippen LogP contribution in [0.15, 0.2) is 48.8 Å². The van der Waals surface area contributed by atoms with Crippen molar-refractivity contribution in [3.8, 4) is 0 Å². The van der Waals surface area contributed by atoms with E-state index in [1.165, 1.54) is 0 Å². The minimum atomic E-state index is -0.292. The van der Waals surface area contributed by atoms with Gasteiger partial charge in [-0.25, -0.2) is 0 Å². The van der Waals surface area contributed by atoms with Crippen molar-refractivity contribution < 1.29 is 4.79 Å². The van der Waals surface area contributed by atoms with Gasteiger partial charge in [0.2, 0.25) is 6.41 Å².